The third-order valence-electron chi connectivity index (χ3n) is 1.17. The van der Waals surface area contributed by atoms with Gasteiger partial charge >= 0.3 is 0 Å². The van der Waals surface area contributed by atoms with Crippen LogP contribution in [0, 0.1) is 0 Å². The molecule has 0 spiro atoms. The number of rotatable bonds is 1. The quantitative estimate of drug-likeness (QED) is 0.449. The Balaban J connectivity index is 2.85. The fraction of sp³-hybridized carbons (Fsp3) is 0.333. The van der Waals surface area contributed by atoms with Gasteiger partial charge in [0.15, 0.2) is 0 Å². The maximum atomic E-state index is 4.63. The minimum atomic E-state index is 0.779. The molecule has 0 aliphatic carbocycles. The summed E-state index contributed by atoms with van der Waals surface area (Å²) in [6.07, 6.45) is 3.15. The van der Waals surface area contributed by atoms with E-state index in [9.17, 15) is 0 Å². The molecule has 4 nitrogen and oxygen atoms in total. The van der Waals surface area contributed by atoms with Crippen LogP contribution in [0.25, 0.3) is 0 Å². The predicted octanol–water partition coefficient (Wildman–Crippen LogP) is 0.270. The van der Waals surface area contributed by atoms with E-state index < -0.39 is 0 Å². The molecule has 1 rings (SSSR count). The van der Waals surface area contributed by atoms with Gasteiger partial charge in [-0.1, -0.05) is 5.16 Å². The first-order valence-corrected chi connectivity index (χ1v) is 2.92. The van der Waals surface area contributed by atoms with Crippen LogP contribution >= 0.6 is 0 Å². The maximum absolute atomic E-state index is 4.63. The molecule has 0 aliphatic rings. The average molecular weight is 139 g/mol. The second kappa shape index (κ2) is 3.00. The van der Waals surface area contributed by atoms with Crippen molar-refractivity contribution in [3.63, 3.8) is 0 Å². The Hall–Kier alpha value is -1.32. The van der Waals surface area contributed by atoms with Gasteiger partial charge in [0.25, 0.3) is 0 Å². The van der Waals surface area contributed by atoms with E-state index >= 15 is 0 Å². The first kappa shape index (κ1) is 6.80. The number of nitrogens with zero attached hydrogens (tertiary/aromatic N) is 2. The lowest BCUT2D eigenvalue weighted by atomic mass is 10.3. The van der Waals surface area contributed by atoms with E-state index in [1.165, 1.54) is 0 Å². The van der Waals surface area contributed by atoms with Gasteiger partial charge in [-0.15, -0.1) is 0 Å². The zero-order chi connectivity index (χ0) is 7.40. The highest BCUT2D eigenvalue weighted by Crippen LogP contribution is 1.95. The van der Waals surface area contributed by atoms with Crippen LogP contribution in [0.3, 0.4) is 0 Å². The molecule has 0 aromatic carbocycles. The first-order chi connectivity index (χ1) is 4.88. The predicted molar refractivity (Wildman–Crippen MR) is 38.0 cm³/mol. The Kier molecular flexibility index (Phi) is 2.04. The molecule has 1 aromatic heterocycles. The smallest absolute Gasteiger partial charge is 0.134 e. The number of hydrogen-bond donors (Lipinski definition) is 1. The highest BCUT2D eigenvalue weighted by molar-refractivity contribution is 5.97. The summed E-state index contributed by atoms with van der Waals surface area (Å²) in [7, 11) is 3.51. The minimum Gasteiger partial charge on any atom is -0.373 e. The molecular weight excluding hydrogens is 130 g/mol. The van der Waals surface area contributed by atoms with Crippen LogP contribution in [-0.4, -0.2) is 25.1 Å². The largest absolute Gasteiger partial charge is 0.373 e. The third-order valence-corrected chi connectivity index (χ3v) is 1.17. The summed E-state index contributed by atoms with van der Waals surface area (Å²) in [5.74, 6) is 0.779. The third kappa shape index (κ3) is 1.15. The summed E-state index contributed by atoms with van der Waals surface area (Å²) in [4.78, 5) is 3.95. The van der Waals surface area contributed by atoms with Crippen LogP contribution in [-0.2, 0) is 0 Å². The Morgan fingerprint density at radius 1 is 1.80 bits per heavy atom. The van der Waals surface area contributed by atoms with Crippen molar-refractivity contribution in [2.45, 2.75) is 0 Å². The molecule has 0 saturated heterocycles. The van der Waals surface area contributed by atoms with Crippen LogP contribution in [0.1, 0.15) is 5.56 Å². The van der Waals surface area contributed by atoms with Crippen LogP contribution in [0.2, 0.25) is 0 Å². The first-order valence-electron chi connectivity index (χ1n) is 2.92. The molecule has 0 bridgehead atoms. The Labute approximate surface area is 58.9 Å². The van der Waals surface area contributed by atoms with Gasteiger partial charge in [-0.3, -0.25) is 4.99 Å². The van der Waals surface area contributed by atoms with Gasteiger partial charge in [-0.25, -0.2) is 0 Å². The van der Waals surface area contributed by atoms with Crippen molar-refractivity contribution in [1.29, 1.82) is 0 Å². The number of aromatic nitrogens is 1. The monoisotopic (exact) mass is 139 g/mol. The molecular formula is C6H9N3O. The van der Waals surface area contributed by atoms with Crippen LogP contribution in [0.15, 0.2) is 22.0 Å². The summed E-state index contributed by atoms with van der Waals surface area (Å²) in [6.45, 7) is 0. The molecule has 1 N–H and O–H groups in total. The van der Waals surface area contributed by atoms with E-state index in [4.69, 9.17) is 0 Å². The summed E-state index contributed by atoms with van der Waals surface area (Å²) in [5.41, 5.74) is 0.866. The van der Waals surface area contributed by atoms with Crippen molar-refractivity contribution in [3.05, 3.63) is 18.0 Å². The molecule has 0 atom stereocenters. The van der Waals surface area contributed by atoms with Crippen molar-refractivity contribution in [1.82, 2.24) is 10.5 Å². The SMILES string of the molecule is CN=C(NC)c1cnoc1. The van der Waals surface area contributed by atoms with Gasteiger partial charge in [0.05, 0.1) is 11.8 Å². The lowest BCUT2D eigenvalue weighted by Crippen LogP contribution is -2.18. The normalized spacial score (nSPS) is 11.6. The molecule has 1 aromatic rings. The van der Waals surface area contributed by atoms with E-state index in [0.29, 0.717) is 0 Å². The molecule has 0 aliphatic heterocycles. The lowest BCUT2D eigenvalue weighted by molar-refractivity contribution is 0.419. The number of aliphatic imine (C=N–C) groups is 1. The highest BCUT2D eigenvalue weighted by atomic mass is 16.5. The van der Waals surface area contributed by atoms with E-state index in [0.717, 1.165) is 11.4 Å². The fourth-order valence-corrected chi connectivity index (χ4v) is 0.707. The standard InChI is InChI=1S/C6H9N3O/c1-7-6(8-2)5-3-9-10-4-5/h3-4H,1-2H3,(H,7,8). The second-order valence-electron chi connectivity index (χ2n) is 1.74. The van der Waals surface area contributed by atoms with Crippen molar-refractivity contribution >= 4 is 5.84 Å². The average Bonchev–Trinajstić information content (AvgIpc) is 2.43. The number of hydrogen-bond acceptors (Lipinski definition) is 3. The Bertz CT molecular complexity index is 215. The number of amidine groups is 1. The molecule has 0 radical (unpaired) electrons. The van der Waals surface area contributed by atoms with Gasteiger partial charge < -0.3 is 9.84 Å². The van der Waals surface area contributed by atoms with Gasteiger partial charge in [-0.2, -0.15) is 0 Å². The Morgan fingerprint density at radius 2 is 2.60 bits per heavy atom. The second-order valence-corrected chi connectivity index (χ2v) is 1.74. The molecule has 0 amide bonds. The summed E-state index contributed by atoms with van der Waals surface area (Å²) < 4.78 is 4.63. The van der Waals surface area contributed by atoms with Crippen molar-refractivity contribution in [3.8, 4) is 0 Å². The summed E-state index contributed by atoms with van der Waals surface area (Å²) >= 11 is 0. The number of nitrogens with one attached hydrogen (secondary N) is 1. The van der Waals surface area contributed by atoms with E-state index in [1.807, 2.05) is 0 Å². The van der Waals surface area contributed by atoms with Gasteiger partial charge in [0.2, 0.25) is 0 Å². The van der Waals surface area contributed by atoms with Crippen LogP contribution in [0.5, 0.6) is 0 Å². The zero-order valence-corrected chi connectivity index (χ0v) is 5.96. The molecule has 0 saturated carbocycles. The zero-order valence-electron chi connectivity index (χ0n) is 5.96. The van der Waals surface area contributed by atoms with Crippen molar-refractivity contribution in [2.75, 3.05) is 14.1 Å². The molecule has 0 unspecified atom stereocenters. The van der Waals surface area contributed by atoms with E-state index in [2.05, 4.69) is 20.0 Å². The van der Waals surface area contributed by atoms with Crippen molar-refractivity contribution in [2.24, 2.45) is 4.99 Å². The van der Waals surface area contributed by atoms with Crippen LogP contribution in [0.4, 0.5) is 0 Å². The summed E-state index contributed by atoms with van der Waals surface area (Å²) in [5, 5.41) is 6.45. The van der Waals surface area contributed by atoms with Crippen molar-refractivity contribution < 1.29 is 4.52 Å². The lowest BCUT2D eigenvalue weighted by Gasteiger charge is -1.97. The molecule has 1 heterocycles. The molecule has 10 heavy (non-hydrogen) atoms. The summed E-state index contributed by atoms with van der Waals surface area (Å²) in [6, 6.07) is 0. The van der Waals surface area contributed by atoms with Gasteiger partial charge in [-0.05, 0) is 0 Å². The minimum absolute atomic E-state index is 0.779. The molecule has 54 valence electrons. The highest BCUT2D eigenvalue weighted by Gasteiger charge is 2.00. The molecule has 4 heteroatoms. The van der Waals surface area contributed by atoms with Gasteiger partial charge in [0.1, 0.15) is 12.1 Å². The van der Waals surface area contributed by atoms with E-state index in [-0.39, 0.29) is 0 Å². The van der Waals surface area contributed by atoms with E-state index in [1.54, 1.807) is 26.6 Å². The fourth-order valence-electron chi connectivity index (χ4n) is 0.707. The van der Waals surface area contributed by atoms with Crippen LogP contribution < -0.4 is 5.32 Å². The maximum Gasteiger partial charge on any atom is 0.134 e. The topological polar surface area (TPSA) is 50.4 Å². The Morgan fingerprint density at radius 3 is 3.00 bits per heavy atom. The molecule has 0 fully saturated rings. The van der Waals surface area contributed by atoms with Gasteiger partial charge in [0, 0.05) is 14.1 Å².